The summed E-state index contributed by atoms with van der Waals surface area (Å²) in [4.78, 5) is 44.2. The lowest BCUT2D eigenvalue weighted by Gasteiger charge is -2.25. The normalized spacial score (nSPS) is 11.9. The van der Waals surface area contributed by atoms with Crippen LogP contribution in [0.15, 0.2) is 316 Å². The van der Waals surface area contributed by atoms with Gasteiger partial charge in [0, 0.05) is 79.3 Å². The van der Waals surface area contributed by atoms with E-state index in [1.54, 1.807) is 0 Å². The third-order valence-electron chi connectivity index (χ3n) is 19.2. The van der Waals surface area contributed by atoms with E-state index in [0.717, 1.165) is 155 Å². The second kappa shape index (κ2) is 24.2. The largest absolute Gasteiger partial charge is 0.293 e. The highest BCUT2D eigenvalue weighted by Crippen LogP contribution is 2.46. The van der Waals surface area contributed by atoms with E-state index in [0.29, 0.717) is 0 Å². The molecule has 10 nitrogen and oxygen atoms in total. The Morgan fingerprint density at radius 1 is 0.220 bits per heavy atom. The SMILES string of the molecule is C(=C\c1ccc2c(-c3ccccc3)c(-c3ccccc3)c3ccc(/C=C/c4ccc(N(c5cnc6c(ccc7cccnc76)c5)c5ccc6ccc7cccnc7c6n5)cc4)cc3c2c1)/c1ccc(N(c2cnc3c(ccc4cccnc43)c2)c2ccc3ccc4cccnc4c3n2)cc1. The minimum Gasteiger partial charge on any atom is -0.293 e. The number of aromatic nitrogens is 8. The van der Waals surface area contributed by atoms with Crippen molar-refractivity contribution in [3.63, 3.8) is 0 Å². The van der Waals surface area contributed by atoms with E-state index in [4.69, 9.17) is 39.9 Å². The zero-order chi connectivity index (χ0) is 66.0. The fourth-order valence-corrected chi connectivity index (χ4v) is 14.3. The molecule has 100 heavy (non-hydrogen) atoms. The van der Waals surface area contributed by atoms with Crippen LogP contribution in [0.5, 0.6) is 0 Å². The molecule has 0 aliphatic rings. The maximum atomic E-state index is 5.36. The summed E-state index contributed by atoms with van der Waals surface area (Å²) in [6.07, 6.45) is 20.0. The smallest absolute Gasteiger partial charge is 0.138 e. The number of anilines is 6. The van der Waals surface area contributed by atoms with Crippen LogP contribution in [0.3, 0.4) is 0 Å². The Bertz CT molecular complexity index is 6140. The predicted molar refractivity (Wildman–Crippen MR) is 415 cm³/mol. The molecule has 466 valence electrons. The summed E-state index contributed by atoms with van der Waals surface area (Å²) in [6, 6.07) is 98.6. The molecule has 19 aromatic rings. The van der Waals surface area contributed by atoms with Crippen LogP contribution >= 0.6 is 0 Å². The van der Waals surface area contributed by atoms with E-state index in [2.05, 4.69) is 289 Å². The summed E-state index contributed by atoms with van der Waals surface area (Å²) in [7, 11) is 0. The molecule has 8 heterocycles. The number of rotatable bonds is 12. The van der Waals surface area contributed by atoms with Crippen LogP contribution in [0, 0.1) is 0 Å². The van der Waals surface area contributed by atoms with Crippen molar-refractivity contribution in [1.29, 1.82) is 0 Å². The van der Waals surface area contributed by atoms with E-state index < -0.39 is 0 Å². The Morgan fingerprint density at radius 2 is 0.540 bits per heavy atom. The number of hydrogen-bond donors (Lipinski definition) is 0. The third kappa shape index (κ3) is 10.3. The van der Waals surface area contributed by atoms with Crippen LogP contribution in [0.2, 0.25) is 0 Å². The van der Waals surface area contributed by atoms with Crippen molar-refractivity contribution in [2.45, 2.75) is 0 Å². The molecule has 10 heteroatoms. The number of hydrogen-bond acceptors (Lipinski definition) is 10. The van der Waals surface area contributed by atoms with Crippen LogP contribution in [-0.2, 0) is 0 Å². The lowest BCUT2D eigenvalue weighted by atomic mass is 9.84. The van der Waals surface area contributed by atoms with E-state index in [1.807, 2.05) is 61.4 Å². The molecule has 0 fully saturated rings. The molecule has 0 N–H and O–H groups in total. The fraction of sp³-hybridized carbons (Fsp3) is 0. The van der Waals surface area contributed by atoms with Gasteiger partial charge in [0.05, 0.1) is 67.9 Å². The van der Waals surface area contributed by atoms with Gasteiger partial charge in [-0.1, -0.05) is 206 Å². The summed E-state index contributed by atoms with van der Waals surface area (Å²) in [6.45, 7) is 0. The fourth-order valence-electron chi connectivity index (χ4n) is 14.3. The second-order valence-corrected chi connectivity index (χ2v) is 25.2. The molecular weight excluding hydrogens is 1220 g/mol. The molecule has 19 rings (SSSR count). The number of nitrogens with zero attached hydrogens (tertiary/aromatic N) is 10. The predicted octanol–water partition coefficient (Wildman–Crippen LogP) is 23.0. The van der Waals surface area contributed by atoms with Gasteiger partial charge in [-0.25, -0.2) is 9.97 Å². The van der Waals surface area contributed by atoms with Crippen LogP contribution in [0.1, 0.15) is 22.3 Å². The number of pyridine rings is 8. The Morgan fingerprint density at radius 3 is 0.930 bits per heavy atom. The van der Waals surface area contributed by atoms with Gasteiger partial charge < -0.3 is 0 Å². The molecule has 0 bridgehead atoms. The van der Waals surface area contributed by atoms with Crippen molar-refractivity contribution in [3.8, 4) is 22.3 Å². The Kier molecular flexibility index (Phi) is 14.0. The molecule has 0 saturated heterocycles. The van der Waals surface area contributed by atoms with Crippen molar-refractivity contribution in [1.82, 2.24) is 39.9 Å². The first-order valence-corrected chi connectivity index (χ1v) is 33.4. The topological polar surface area (TPSA) is 110 Å². The first-order chi connectivity index (χ1) is 49.5. The van der Waals surface area contributed by atoms with Gasteiger partial charge in [0.1, 0.15) is 11.6 Å². The summed E-state index contributed by atoms with van der Waals surface area (Å²) in [5.41, 5.74) is 19.5. The molecule has 8 aromatic heterocycles. The molecular formula is C90H56N10. The summed E-state index contributed by atoms with van der Waals surface area (Å²) >= 11 is 0. The highest BCUT2D eigenvalue weighted by molar-refractivity contribution is 6.22. The Hall–Kier alpha value is -13.7. The molecule has 0 aliphatic carbocycles. The standard InChI is InChI=1S/C90H56N10/c1-3-11-61(12-4-1)81-75-43-27-59(21-19-57-23-39-71(40-24-57)99(73-53-69-35-33-63-15-7-47-91-83(63)87(69)95-55-73)79-45-37-67-31-29-65-17-9-49-93-85(65)89(67)97-79)51-77(75)78-52-60(28-44-76(78)82(81)62-13-5-2-6-14-62)22-20-58-25-41-72(42-26-58)100(74-54-70-36-34-64-16-8-48-92-84(64)88(70)96-56-74)80-46-38-68-32-30-66-18-10-50-94-86(66)90(68)98-80/h1-56H/b21-19+,22-20+. The highest BCUT2D eigenvalue weighted by Gasteiger charge is 2.22. The minimum absolute atomic E-state index is 0.754. The lowest BCUT2D eigenvalue weighted by Crippen LogP contribution is -2.12. The molecule has 0 amide bonds. The summed E-state index contributed by atoms with van der Waals surface area (Å²) in [5.74, 6) is 1.51. The van der Waals surface area contributed by atoms with Gasteiger partial charge in [0.15, 0.2) is 0 Å². The average molecular weight is 1280 g/mol. The van der Waals surface area contributed by atoms with Crippen LogP contribution in [-0.4, -0.2) is 39.9 Å². The van der Waals surface area contributed by atoms with E-state index in [-0.39, 0.29) is 0 Å². The first-order valence-electron chi connectivity index (χ1n) is 33.4. The van der Waals surface area contributed by atoms with Gasteiger partial charge in [0.25, 0.3) is 0 Å². The third-order valence-corrected chi connectivity index (χ3v) is 19.2. The molecule has 0 spiro atoms. The number of fused-ring (bicyclic) bond motifs is 15. The van der Waals surface area contributed by atoms with Crippen molar-refractivity contribution < 1.29 is 0 Å². The molecule has 0 radical (unpaired) electrons. The summed E-state index contributed by atoms with van der Waals surface area (Å²) < 4.78 is 0. The van der Waals surface area contributed by atoms with Crippen LogP contribution < -0.4 is 9.80 Å². The number of benzene rings is 11. The molecule has 0 unspecified atom stereocenters. The minimum atomic E-state index is 0.754. The second-order valence-electron chi connectivity index (χ2n) is 25.2. The van der Waals surface area contributed by atoms with E-state index in [1.165, 1.54) is 32.7 Å². The highest BCUT2D eigenvalue weighted by atomic mass is 15.2. The van der Waals surface area contributed by atoms with Crippen molar-refractivity contribution in [2.75, 3.05) is 9.80 Å². The van der Waals surface area contributed by atoms with E-state index in [9.17, 15) is 0 Å². The Balaban J connectivity index is 0.686. The maximum Gasteiger partial charge on any atom is 0.138 e. The van der Waals surface area contributed by atoms with Gasteiger partial charge in [-0.3, -0.25) is 39.7 Å². The Labute approximate surface area is 574 Å². The molecule has 0 aliphatic heterocycles. The van der Waals surface area contributed by atoms with Gasteiger partial charge in [-0.2, -0.15) is 0 Å². The van der Waals surface area contributed by atoms with Gasteiger partial charge in [-0.05, 0) is 163 Å². The van der Waals surface area contributed by atoms with Crippen molar-refractivity contribution in [3.05, 3.63) is 338 Å². The monoisotopic (exact) mass is 1280 g/mol. The zero-order valence-electron chi connectivity index (χ0n) is 53.8. The van der Waals surface area contributed by atoms with Crippen LogP contribution in [0.25, 0.3) is 155 Å². The van der Waals surface area contributed by atoms with Gasteiger partial charge in [-0.15, -0.1) is 0 Å². The van der Waals surface area contributed by atoms with Crippen molar-refractivity contribution in [2.24, 2.45) is 0 Å². The van der Waals surface area contributed by atoms with Crippen molar-refractivity contribution >= 4 is 167 Å². The zero-order valence-corrected chi connectivity index (χ0v) is 53.8. The quantitative estimate of drug-likeness (QED) is 0.0866. The molecule has 0 saturated carbocycles. The average Bonchev–Trinajstić information content (AvgIpc) is 0.741. The lowest BCUT2D eigenvalue weighted by molar-refractivity contribution is 1.19. The molecule has 0 atom stereocenters. The van der Waals surface area contributed by atoms with Gasteiger partial charge in [0.2, 0.25) is 0 Å². The van der Waals surface area contributed by atoms with Crippen LogP contribution in [0.4, 0.5) is 34.4 Å². The maximum absolute atomic E-state index is 5.36. The molecule has 11 aromatic carbocycles. The van der Waals surface area contributed by atoms with E-state index >= 15 is 0 Å². The first kappa shape index (κ1) is 57.7. The van der Waals surface area contributed by atoms with Gasteiger partial charge >= 0.3 is 0 Å². The summed E-state index contributed by atoms with van der Waals surface area (Å²) in [5, 5.41) is 12.9.